The van der Waals surface area contributed by atoms with E-state index in [-0.39, 0.29) is 6.10 Å². The van der Waals surface area contributed by atoms with Crippen LogP contribution in [0.2, 0.25) is 5.02 Å². The van der Waals surface area contributed by atoms with E-state index in [4.69, 9.17) is 16.3 Å². The lowest BCUT2D eigenvalue weighted by Gasteiger charge is -2.13. The molecule has 2 nitrogen and oxygen atoms in total. The zero-order chi connectivity index (χ0) is 9.97. The minimum Gasteiger partial charge on any atom is -0.487 e. The van der Waals surface area contributed by atoms with Gasteiger partial charge in [0, 0.05) is 11.0 Å². The minimum absolute atomic E-state index is 0.258. The van der Waals surface area contributed by atoms with Gasteiger partial charge in [0.15, 0.2) is 0 Å². The molecular formula is C10H11BrClNO. The van der Waals surface area contributed by atoms with Gasteiger partial charge in [-0.15, -0.1) is 0 Å². The third-order valence-corrected chi connectivity index (χ3v) is 2.99. The Morgan fingerprint density at radius 1 is 1.50 bits per heavy atom. The first-order chi connectivity index (χ1) is 6.75. The average molecular weight is 277 g/mol. The summed E-state index contributed by atoms with van der Waals surface area (Å²) in [5, 5.41) is 3.90. The predicted molar refractivity (Wildman–Crippen MR) is 61.1 cm³/mol. The normalized spacial score (nSPS) is 21.1. The van der Waals surface area contributed by atoms with E-state index < -0.39 is 0 Å². The van der Waals surface area contributed by atoms with Crippen LogP contribution < -0.4 is 10.1 Å². The van der Waals surface area contributed by atoms with Crippen molar-refractivity contribution in [3.05, 3.63) is 27.7 Å². The van der Waals surface area contributed by atoms with Crippen molar-refractivity contribution in [1.82, 2.24) is 5.32 Å². The number of halogens is 2. The van der Waals surface area contributed by atoms with Gasteiger partial charge in [0.2, 0.25) is 0 Å². The molecule has 1 fully saturated rings. The van der Waals surface area contributed by atoms with Gasteiger partial charge in [0.05, 0.1) is 5.02 Å². The van der Waals surface area contributed by atoms with Crippen LogP contribution >= 0.6 is 27.5 Å². The Balaban J connectivity index is 2.08. The van der Waals surface area contributed by atoms with Crippen LogP contribution in [-0.2, 0) is 0 Å². The molecule has 14 heavy (non-hydrogen) atoms. The van der Waals surface area contributed by atoms with Gasteiger partial charge in [-0.2, -0.15) is 0 Å². The highest BCUT2D eigenvalue weighted by atomic mass is 79.9. The summed E-state index contributed by atoms with van der Waals surface area (Å²) in [7, 11) is 0. The van der Waals surface area contributed by atoms with Gasteiger partial charge in [-0.05, 0) is 31.2 Å². The monoisotopic (exact) mass is 275 g/mol. The number of ether oxygens (including phenoxy) is 1. The second-order valence-corrected chi connectivity index (χ2v) is 4.63. The van der Waals surface area contributed by atoms with Crippen LogP contribution in [-0.4, -0.2) is 19.2 Å². The third-order valence-electron chi connectivity index (χ3n) is 2.20. The van der Waals surface area contributed by atoms with Crippen molar-refractivity contribution in [2.75, 3.05) is 13.1 Å². The van der Waals surface area contributed by atoms with E-state index in [0.29, 0.717) is 5.02 Å². The summed E-state index contributed by atoms with van der Waals surface area (Å²) in [6, 6.07) is 5.67. The Labute approximate surface area is 96.7 Å². The lowest BCUT2D eigenvalue weighted by molar-refractivity contribution is 0.223. The van der Waals surface area contributed by atoms with E-state index in [0.717, 1.165) is 29.7 Å². The standard InChI is InChI=1S/C10H11BrClNO/c11-7-1-2-10(9(12)5-7)14-8-3-4-13-6-8/h1-2,5,8,13H,3-4,6H2/t8-/m0/s1. The van der Waals surface area contributed by atoms with Gasteiger partial charge in [-0.25, -0.2) is 0 Å². The zero-order valence-corrected chi connectivity index (χ0v) is 9.94. The molecule has 0 spiro atoms. The summed E-state index contributed by atoms with van der Waals surface area (Å²) in [6.07, 6.45) is 1.31. The predicted octanol–water partition coefficient (Wildman–Crippen LogP) is 2.84. The van der Waals surface area contributed by atoms with E-state index in [1.165, 1.54) is 0 Å². The molecule has 0 aliphatic carbocycles. The lowest BCUT2D eigenvalue weighted by atomic mass is 10.3. The summed E-state index contributed by atoms with van der Waals surface area (Å²) in [5.74, 6) is 0.767. The summed E-state index contributed by atoms with van der Waals surface area (Å²) < 4.78 is 6.72. The van der Waals surface area contributed by atoms with E-state index >= 15 is 0 Å². The lowest BCUT2D eigenvalue weighted by Crippen LogP contribution is -2.19. The fourth-order valence-corrected chi connectivity index (χ4v) is 2.20. The molecule has 1 heterocycles. The van der Waals surface area contributed by atoms with Gasteiger partial charge in [-0.3, -0.25) is 0 Å². The van der Waals surface area contributed by atoms with Crippen molar-refractivity contribution < 1.29 is 4.74 Å². The minimum atomic E-state index is 0.258. The SMILES string of the molecule is Clc1cc(Br)ccc1O[C@H]1CCNC1. The van der Waals surface area contributed by atoms with Crippen LogP contribution in [0.3, 0.4) is 0 Å². The molecule has 76 valence electrons. The number of hydrogen-bond donors (Lipinski definition) is 1. The second-order valence-electron chi connectivity index (χ2n) is 3.31. The molecule has 1 aliphatic rings. The summed E-state index contributed by atoms with van der Waals surface area (Å²) in [6.45, 7) is 1.94. The Hall–Kier alpha value is -0.250. The topological polar surface area (TPSA) is 21.3 Å². The van der Waals surface area contributed by atoms with Gasteiger partial charge in [0.1, 0.15) is 11.9 Å². The quantitative estimate of drug-likeness (QED) is 0.897. The molecule has 1 aromatic rings. The molecule has 0 bridgehead atoms. The number of benzene rings is 1. The maximum absolute atomic E-state index is 6.03. The zero-order valence-electron chi connectivity index (χ0n) is 7.59. The van der Waals surface area contributed by atoms with Crippen LogP contribution in [0.15, 0.2) is 22.7 Å². The summed E-state index contributed by atoms with van der Waals surface area (Å²) in [4.78, 5) is 0. The number of rotatable bonds is 2. The van der Waals surface area contributed by atoms with Crippen LogP contribution in [0.1, 0.15) is 6.42 Å². The van der Waals surface area contributed by atoms with Crippen molar-refractivity contribution in [1.29, 1.82) is 0 Å². The van der Waals surface area contributed by atoms with Gasteiger partial charge < -0.3 is 10.1 Å². The van der Waals surface area contributed by atoms with E-state index in [1.807, 2.05) is 18.2 Å². The molecule has 4 heteroatoms. The largest absolute Gasteiger partial charge is 0.487 e. The molecule has 2 rings (SSSR count). The van der Waals surface area contributed by atoms with Crippen LogP contribution in [0, 0.1) is 0 Å². The summed E-state index contributed by atoms with van der Waals surface area (Å²) in [5.41, 5.74) is 0. The molecule has 1 atom stereocenters. The fourth-order valence-electron chi connectivity index (χ4n) is 1.48. The molecular weight excluding hydrogens is 265 g/mol. The Morgan fingerprint density at radius 3 is 3.00 bits per heavy atom. The molecule has 1 aliphatic heterocycles. The Morgan fingerprint density at radius 2 is 2.36 bits per heavy atom. The van der Waals surface area contributed by atoms with Crippen molar-refractivity contribution in [3.63, 3.8) is 0 Å². The molecule has 0 radical (unpaired) electrons. The molecule has 0 saturated carbocycles. The smallest absolute Gasteiger partial charge is 0.138 e. The molecule has 1 aromatic carbocycles. The van der Waals surface area contributed by atoms with E-state index in [9.17, 15) is 0 Å². The van der Waals surface area contributed by atoms with Crippen LogP contribution in [0.5, 0.6) is 5.75 Å². The Kier molecular flexibility index (Phi) is 3.31. The highest BCUT2D eigenvalue weighted by Crippen LogP contribution is 2.29. The van der Waals surface area contributed by atoms with Crippen molar-refractivity contribution in [2.45, 2.75) is 12.5 Å². The van der Waals surface area contributed by atoms with Crippen molar-refractivity contribution >= 4 is 27.5 Å². The van der Waals surface area contributed by atoms with Crippen molar-refractivity contribution in [2.24, 2.45) is 0 Å². The number of hydrogen-bond acceptors (Lipinski definition) is 2. The van der Waals surface area contributed by atoms with Gasteiger partial charge >= 0.3 is 0 Å². The third kappa shape index (κ3) is 2.41. The molecule has 0 aromatic heterocycles. The first kappa shape index (κ1) is 10.3. The molecule has 1 saturated heterocycles. The highest BCUT2D eigenvalue weighted by molar-refractivity contribution is 9.10. The second kappa shape index (κ2) is 4.51. The number of nitrogens with one attached hydrogen (secondary N) is 1. The molecule has 0 unspecified atom stereocenters. The molecule has 1 N–H and O–H groups in total. The first-order valence-corrected chi connectivity index (χ1v) is 5.75. The highest BCUT2D eigenvalue weighted by Gasteiger charge is 2.16. The summed E-state index contributed by atoms with van der Waals surface area (Å²) >= 11 is 9.39. The van der Waals surface area contributed by atoms with Gasteiger partial charge in [-0.1, -0.05) is 27.5 Å². The average Bonchev–Trinajstić information content (AvgIpc) is 2.62. The molecule has 0 amide bonds. The van der Waals surface area contributed by atoms with Gasteiger partial charge in [0.25, 0.3) is 0 Å². The fraction of sp³-hybridized carbons (Fsp3) is 0.400. The maximum Gasteiger partial charge on any atom is 0.138 e. The first-order valence-electron chi connectivity index (χ1n) is 4.58. The Bertz CT molecular complexity index is 326. The van der Waals surface area contributed by atoms with Crippen molar-refractivity contribution in [3.8, 4) is 5.75 Å². The maximum atomic E-state index is 6.03. The van der Waals surface area contributed by atoms with Crippen LogP contribution in [0.4, 0.5) is 0 Å². The van der Waals surface area contributed by atoms with E-state index in [2.05, 4.69) is 21.2 Å². The van der Waals surface area contributed by atoms with Crippen LogP contribution in [0.25, 0.3) is 0 Å². The van der Waals surface area contributed by atoms with E-state index in [1.54, 1.807) is 0 Å².